The highest BCUT2D eigenvalue weighted by Crippen LogP contribution is 2.65. The van der Waals surface area contributed by atoms with Gasteiger partial charge in [-0.3, -0.25) is 9.59 Å². The van der Waals surface area contributed by atoms with Gasteiger partial charge in [0.05, 0.1) is 0 Å². The lowest BCUT2D eigenvalue weighted by Gasteiger charge is -2.52. The second-order valence-corrected chi connectivity index (χ2v) is 10.8. The van der Waals surface area contributed by atoms with E-state index in [1.165, 1.54) is 22.4 Å². The van der Waals surface area contributed by atoms with Crippen molar-refractivity contribution >= 4 is 17.3 Å². The molecule has 2 saturated carbocycles. The number of aliphatic hydroxyl groups excluding tert-OH is 1. The van der Waals surface area contributed by atoms with Gasteiger partial charge in [0, 0.05) is 38.0 Å². The Morgan fingerprint density at radius 1 is 1.09 bits per heavy atom. The SMILES string of the molecule is CN(C)c1ccc([C@H]2C[C@]3(C)C(C(=O)CO)CCC3C3CCC4=CC(=O)CCC4=C32)cc1. The van der Waals surface area contributed by atoms with Gasteiger partial charge in [-0.25, -0.2) is 0 Å². The van der Waals surface area contributed by atoms with Crippen molar-refractivity contribution in [2.24, 2.45) is 23.2 Å². The average molecular weight is 434 g/mol. The number of ketones is 2. The highest BCUT2D eigenvalue weighted by atomic mass is 16.3. The van der Waals surface area contributed by atoms with Crippen molar-refractivity contribution in [1.82, 2.24) is 0 Å². The predicted molar refractivity (Wildman–Crippen MR) is 127 cm³/mol. The quantitative estimate of drug-likeness (QED) is 0.739. The van der Waals surface area contributed by atoms with Crippen molar-refractivity contribution < 1.29 is 14.7 Å². The predicted octanol–water partition coefficient (Wildman–Crippen LogP) is 4.83. The molecule has 0 aromatic heterocycles. The van der Waals surface area contributed by atoms with E-state index in [4.69, 9.17) is 0 Å². The Balaban J connectivity index is 1.64. The van der Waals surface area contributed by atoms with Crippen LogP contribution in [0.2, 0.25) is 0 Å². The molecule has 4 nitrogen and oxygen atoms in total. The van der Waals surface area contributed by atoms with Gasteiger partial charge < -0.3 is 10.0 Å². The number of fused-ring (bicyclic) bond motifs is 4. The molecule has 0 amide bonds. The number of rotatable bonds is 4. The zero-order valence-corrected chi connectivity index (χ0v) is 19.6. The summed E-state index contributed by atoms with van der Waals surface area (Å²) in [6.07, 6.45) is 8.36. The normalized spacial score (nSPS) is 33.9. The van der Waals surface area contributed by atoms with Gasteiger partial charge in [-0.2, -0.15) is 0 Å². The molecule has 0 aliphatic heterocycles. The number of Topliss-reactive ketones (excluding diaryl/α,β-unsaturated/α-hetero) is 1. The minimum atomic E-state index is -0.344. The third-order valence-electron chi connectivity index (χ3n) is 9.09. The number of hydrogen-bond acceptors (Lipinski definition) is 4. The van der Waals surface area contributed by atoms with E-state index in [1.54, 1.807) is 5.57 Å². The molecule has 0 heterocycles. The van der Waals surface area contributed by atoms with E-state index in [2.05, 4.69) is 50.2 Å². The smallest absolute Gasteiger partial charge is 0.161 e. The molecular formula is C28H35NO3. The van der Waals surface area contributed by atoms with Crippen molar-refractivity contribution in [3.8, 4) is 0 Å². The molecule has 2 fully saturated rings. The Morgan fingerprint density at radius 2 is 1.84 bits per heavy atom. The van der Waals surface area contributed by atoms with E-state index < -0.39 is 0 Å². The Kier molecular flexibility index (Phi) is 5.40. The number of nitrogens with zero attached hydrogens (tertiary/aromatic N) is 1. The first-order chi connectivity index (χ1) is 15.3. The molecular weight excluding hydrogens is 398 g/mol. The zero-order valence-electron chi connectivity index (χ0n) is 19.6. The number of aliphatic hydroxyl groups is 1. The molecule has 32 heavy (non-hydrogen) atoms. The second kappa shape index (κ2) is 7.98. The third kappa shape index (κ3) is 3.30. The number of anilines is 1. The van der Waals surface area contributed by atoms with Crippen LogP contribution in [0.4, 0.5) is 5.69 Å². The fourth-order valence-corrected chi connectivity index (χ4v) is 7.60. The fourth-order valence-electron chi connectivity index (χ4n) is 7.60. The monoisotopic (exact) mass is 433 g/mol. The van der Waals surface area contributed by atoms with E-state index >= 15 is 0 Å². The number of benzene rings is 1. The van der Waals surface area contributed by atoms with E-state index in [-0.39, 0.29) is 35.4 Å². The molecule has 3 unspecified atom stereocenters. The van der Waals surface area contributed by atoms with Gasteiger partial charge in [0.25, 0.3) is 0 Å². The van der Waals surface area contributed by atoms with Crippen LogP contribution in [-0.4, -0.2) is 37.4 Å². The molecule has 4 heteroatoms. The Labute approximate surface area is 191 Å². The van der Waals surface area contributed by atoms with Gasteiger partial charge in [-0.15, -0.1) is 0 Å². The Bertz CT molecular complexity index is 1000. The first-order valence-corrected chi connectivity index (χ1v) is 12.2. The van der Waals surface area contributed by atoms with Crippen molar-refractivity contribution in [3.63, 3.8) is 0 Å². The lowest BCUT2D eigenvalue weighted by molar-refractivity contribution is -0.130. The summed E-state index contributed by atoms with van der Waals surface area (Å²) < 4.78 is 0. The van der Waals surface area contributed by atoms with Crippen LogP contribution in [0.5, 0.6) is 0 Å². The summed E-state index contributed by atoms with van der Waals surface area (Å²) >= 11 is 0. The van der Waals surface area contributed by atoms with E-state index in [0.29, 0.717) is 18.3 Å². The summed E-state index contributed by atoms with van der Waals surface area (Å²) in [4.78, 5) is 27.0. The molecule has 1 aromatic carbocycles. The van der Waals surface area contributed by atoms with E-state index in [9.17, 15) is 14.7 Å². The summed E-state index contributed by atoms with van der Waals surface area (Å²) in [6, 6.07) is 8.91. The molecule has 4 aliphatic carbocycles. The van der Waals surface area contributed by atoms with Gasteiger partial charge in [-0.05, 0) is 90.7 Å². The maximum Gasteiger partial charge on any atom is 0.161 e. The van der Waals surface area contributed by atoms with Crippen molar-refractivity contribution in [1.29, 1.82) is 0 Å². The van der Waals surface area contributed by atoms with Crippen molar-refractivity contribution in [2.45, 2.75) is 57.8 Å². The van der Waals surface area contributed by atoms with E-state index in [1.807, 2.05) is 6.08 Å². The van der Waals surface area contributed by atoms with Crippen LogP contribution in [0.1, 0.15) is 63.4 Å². The van der Waals surface area contributed by atoms with Crippen LogP contribution in [0.3, 0.4) is 0 Å². The largest absolute Gasteiger partial charge is 0.389 e. The third-order valence-corrected chi connectivity index (χ3v) is 9.09. The van der Waals surface area contributed by atoms with Crippen LogP contribution >= 0.6 is 0 Å². The summed E-state index contributed by atoms with van der Waals surface area (Å²) in [5, 5.41) is 9.67. The van der Waals surface area contributed by atoms with Gasteiger partial charge in [0.2, 0.25) is 0 Å². The molecule has 5 rings (SSSR count). The summed E-state index contributed by atoms with van der Waals surface area (Å²) in [5.74, 6) is 1.48. The minimum Gasteiger partial charge on any atom is -0.389 e. The highest BCUT2D eigenvalue weighted by molar-refractivity contribution is 5.93. The second-order valence-electron chi connectivity index (χ2n) is 10.8. The summed E-state index contributed by atoms with van der Waals surface area (Å²) in [7, 11) is 4.12. The van der Waals surface area contributed by atoms with Gasteiger partial charge in [0.15, 0.2) is 11.6 Å². The van der Waals surface area contributed by atoms with E-state index in [0.717, 1.165) is 38.5 Å². The molecule has 5 atom stereocenters. The maximum absolute atomic E-state index is 12.7. The molecule has 170 valence electrons. The van der Waals surface area contributed by atoms with Gasteiger partial charge in [0.1, 0.15) is 6.61 Å². The van der Waals surface area contributed by atoms with Crippen LogP contribution in [0.15, 0.2) is 47.1 Å². The zero-order chi connectivity index (χ0) is 22.6. The number of hydrogen-bond donors (Lipinski definition) is 1. The lowest BCUT2D eigenvalue weighted by atomic mass is 9.51. The highest BCUT2D eigenvalue weighted by Gasteiger charge is 2.57. The molecule has 1 N–H and O–H groups in total. The van der Waals surface area contributed by atoms with Crippen molar-refractivity contribution in [2.75, 3.05) is 25.6 Å². The Hall–Kier alpha value is -2.20. The van der Waals surface area contributed by atoms with Gasteiger partial charge in [-0.1, -0.05) is 24.6 Å². The number of carbonyl (C=O) groups is 2. The first kappa shape index (κ1) is 21.6. The molecule has 0 saturated heterocycles. The maximum atomic E-state index is 12.7. The summed E-state index contributed by atoms with van der Waals surface area (Å²) in [5.41, 5.74) is 6.71. The molecule has 1 aromatic rings. The summed E-state index contributed by atoms with van der Waals surface area (Å²) in [6.45, 7) is 1.98. The number of allylic oxidation sites excluding steroid dienone is 4. The Morgan fingerprint density at radius 3 is 2.53 bits per heavy atom. The van der Waals surface area contributed by atoms with Gasteiger partial charge >= 0.3 is 0 Å². The lowest BCUT2D eigenvalue weighted by Crippen LogP contribution is -2.45. The first-order valence-electron chi connectivity index (χ1n) is 12.2. The van der Waals surface area contributed by atoms with Crippen molar-refractivity contribution in [3.05, 3.63) is 52.6 Å². The average Bonchev–Trinajstić information content (AvgIpc) is 3.14. The van der Waals surface area contributed by atoms with Crippen LogP contribution in [0.25, 0.3) is 0 Å². The number of carbonyl (C=O) groups excluding carboxylic acids is 2. The molecule has 0 spiro atoms. The molecule has 0 radical (unpaired) electrons. The molecule has 0 bridgehead atoms. The minimum absolute atomic E-state index is 0.0208. The standard InChI is InChI=1S/C28H35NO3/c1-28-15-23(17-4-7-19(8-5-17)29(2)3)27-21-11-9-20(31)14-18(21)6-10-22(27)24(28)12-13-25(28)26(32)16-30/h4-5,7-8,14,22-25,30H,6,9-13,15-16H2,1-3H3/t22?,23-,24?,25?,28+/m1/s1. The van der Waals surface area contributed by atoms with Crippen LogP contribution in [-0.2, 0) is 9.59 Å². The van der Waals surface area contributed by atoms with Crippen LogP contribution < -0.4 is 4.90 Å². The topological polar surface area (TPSA) is 57.6 Å². The molecule has 4 aliphatic rings. The van der Waals surface area contributed by atoms with Crippen LogP contribution in [0, 0.1) is 23.2 Å². The fraction of sp³-hybridized carbons (Fsp3) is 0.571.